The van der Waals surface area contributed by atoms with E-state index in [2.05, 4.69) is 5.32 Å². The first-order chi connectivity index (χ1) is 11.3. The Morgan fingerprint density at radius 2 is 2.00 bits per heavy atom. The van der Waals surface area contributed by atoms with E-state index in [-0.39, 0.29) is 24.7 Å². The van der Waals surface area contributed by atoms with E-state index in [0.29, 0.717) is 19.4 Å². The van der Waals surface area contributed by atoms with Crippen molar-refractivity contribution in [2.45, 2.75) is 57.7 Å². The van der Waals surface area contributed by atoms with Crippen LogP contribution in [0.15, 0.2) is 30.3 Å². The van der Waals surface area contributed by atoms with Crippen LogP contribution in [0.3, 0.4) is 0 Å². The van der Waals surface area contributed by atoms with Crippen LogP contribution in [-0.4, -0.2) is 42.2 Å². The van der Waals surface area contributed by atoms with Gasteiger partial charge in [0.2, 0.25) is 0 Å². The monoisotopic (exact) mass is 340 g/mol. The number of nitrogens with one attached hydrogen (secondary N) is 1. The fourth-order valence-electron chi connectivity index (χ4n) is 2.94. The predicted molar refractivity (Wildman–Crippen MR) is 89.2 cm³/mol. The highest BCUT2D eigenvalue weighted by molar-refractivity contribution is 5.69. The Morgan fingerprint density at radius 1 is 1.33 bits per heavy atom. The highest BCUT2D eigenvalue weighted by atomic mass is 19.3. The van der Waals surface area contributed by atoms with Crippen molar-refractivity contribution in [2.75, 3.05) is 13.1 Å². The molecular weight excluding hydrogens is 314 g/mol. The van der Waals surface area contributed by atoms with Crippen molar-refractivity contribution in [3.63, 3.8) is 0 Å². The topological polar surface area (TPSA) is 41.6 Å². The number of rotatable bonds is 4. The molecule has 0 radical (unpaired) electrons. The smallest absolute Gasteiger partial charge is 0.410 e. The molecule has 0 aromatic heterocycles. The number of carbonyl (C=O) groups excluding carboxylic acids is 1. The molecule has 1 aromatic rings. The maximum absolute atomic E-state index is 12.5. The molecule has 1 aromatic carbocycles. The number of likely N-dealkylation sites (tertiary alicyclic amines) is 1. The maximum Gasteiger partial charge on any atom is 0.410 e. The molecule has 1 N–H and O–H groups in total. The van der Waals surface area contributed by atoms with E-state index in [0.717, 1.165) is 5.56 Å². The Kier molecular flexibility index (Phi) is 6.15. The van der Waals surface area contributed by atoms with Crippen molar-refractivity contribution >= 4 is 6.09 Å². The van der Waals surface area contributed by atoms with Crippen molar-refractivity contribution in [3.05, 3.63) is 35.9 Å². The van der Waals surface area contributed by atoms with Gasteiger partial charge in [-0.3, -0.25) is 0 Å². The highest BCUT2D eigenvalue weighted by Crippen LogP contribution is 2.32. The van der Waals surface area contributed by atoms with Crippen molar-refractivity contribution in [1.29, 1.82) is 0 Å². The van der Waals surface area contributed by atoms with Crippen LogP contribution >= 0.6 is 0 Å². The normalized spacial score (nSPS) is 21.8. The summed E-state index contributed by atoms with van der Waals surface area (Å²) < 4.78 is 30.4. The first-order valence-electron chi connectivity index (χ1n) is 8.32. The van der Waals surface area contributed by atoms with Gasteiger partial charge in [-0.2, -0.15) is 0 Å². The molecular formula is C18H26F2N2O2. The fourth-order valence-corrected chi connectivity index (χ4v) is 2.94. The van der Waals surface area contributed by atoms with Crippen molar-refractivity contribution in [3.8, 4) is 0 Å². The lowest BCUT2D eigenvalue weighted by atomic mass is 9.92. The van der Waals surface area contributed by atoms with Crippen LogP contribution < -0.4 is 5.32 Å². The number of nitrogens with zero attached hydrogens (tertiary/aromatic N) is 1. The second-order valence-electron chi connectivity index (χ2n) is 7.12. The van der Waals surface area contributed by atoms with E-state index in [1.807, 2.05) is 51.1 Å². The number of halogens is 2. The highest BCUT2D eigenvalue weighted by Gasteiger charge is 2.35. The second-order valence-corrected chi connectivity index (χ2v) is 7.12. The standard InChI is InChI=1S/C18H26F2N2O2/c1-18(2,3)24-17(23)22-10-9-14(21-12-16(19)20)11-15(22)13-7-5-4-6-8-13/h4-8,14-16,21H,9-12H2,1-3H3/t14-,15+/m1/s1. The molecule has 2 rings (SSSR count). The van der Waals surface area contributed by atoms with Crippen LogP contribution in [0.2, 0.25) is 0 Å². The minimum absolute atomic E-state index is 0.0390. The van der Waals surface area contributed by atoms with Gasteiger partial charge in [0.15, 0.2) is 0 Å². The van der Waals surface area contributed by atoms with E-state index >= 15 is 0 Å². The summed E-state index contributed by atoms with van der Waals surface area (Å²) in [6, 6.07) is 9.44. The number of alkyl halides is 2. The fraction of sp³-hybridized carbons (Fsp3) is 0.611. The molecule has 1 aliphatic rings. The van der Waals surface area contributed by atoms with Crippen molar-refractivity contribution in [1.82, 2.24) is 10.2 Å². The lowest BCUT2D eigenvalue weighted by Crippen LogP contribution is -2.48. The number of hydrogen-bond acceptors (Lipinski definition) is 3. The number of benzene rings is 1. The van der Waals surface area contributed by atoms with Crippen LogP contribution in [0, 0.1) is 0 Å². The molecule has 0 spiro atoms. The Hall–Kier alpha value is -1.69. The molecule has 1 saturated heterocycles. The molecule has 134 valence electrons. The van der Waals surface area contributed by atoms with Gasteiger partial charge in [-0.25, -0.2) is 13.6 Å². The van der Waals surface area contributed by atoms with Gasteiger partial charge in [0.05, 0.1) is 12.6 Å². The van der Waals surface area contributed by atoms with Crippen LogP contribution in [0.5, 0.6) is 0 Å². The van der Waals surface area contributed by atoms with Gasteiger partial charge >= 0.3 is 6.09 Å². The number of piperidine rings is 1. The van der Waals surface area contributed by atoms with E-state index in [9.17, 15) is 13.6 Å². The SMILES string of the molecule is CC(C)(C)OC(=O)N1CC[C@@H](NCC(F)F)C[C@H]1c1ccccc1. The third-order valence-electron chi connectivity index (χ3n) is 3.98. The van der Waals surface area contributed by atoms with Gasteiger partial charge < -0.3 is 15.0 Å². The van der Waals surface area contributed by atoms with Crippen molar-refractivity contribution < 1.29 is 18.3 Å². The Labute approximate surface area is 142 Å². The molecule has 0 saturated carbocycles. The Morgan fingerprint density at radius 3 is 2.58 bits per heavy atom. The molecule has 2 atom stereocenters. The van der Waals surface area contributed by atoms with Crippen LogP contribution in [-0.2, 0) is 4.74 Å². The van der Waals surface area contributed by atoms with Crippen LogP contribution in [0.25, 0.3) is 0 Å². The van der Waals surface area contributed by atoms with Crippen LogP contribution in [0.1, 0.15) is 45.2 Å². The van der Waals surface area contributed by atoms with E-state index in [1.54, 1.807) is 4.90 Å². The second kappa shape index (κ2) is 7.92. The molecule has 1 amide bonds. The minimum Gasteiger partial charge on any atom is -0.444 e. The zero-order valence-corrected chi connectivity index (χ0v) is 14.5. The largest absolute Gasteiger partial charge is 0.444 e. The predicted octanol–water partition coefficient (Wildman–Crippen LogP) is 3.98. The lowest BCUT2D eigenvalue weighted by Gasteiger charge is -2.40. The summed E-state index contributed by atoms with van der Waals surface area (Å²) in [5.74, 6) is 0. The summed E-state index contributed by atoms with van der Waals surface area (Å²) >= 11 is 0. The summed E-state index contributed by atoms with van der Waals surface area (Å²) in [5, 5.41) is 2.90. The average Bonchev–Trinajstić information content (AvgIpc) is 2.52. The lowest BCUT2D eigenvalue weighted by molar-refractivity contribution is 0.00579. The van der Waals surface area contributed by atoms with Gasteiger partial charge in [-0.15, -0.1) is 0 Å². The van der Waals surface area contributed by atoms with Gasteiger partial charge in [0, 0.05) is 12.6 Å². The van der Waals surface area contributed by atoms with Crippen LogP contribution in [0.4, 0.5) is 13.6 Å². The van der Waals surface area contributed by atoms with E-state index in [1.165, 1.54) is 0 Å². The van der Waals surface area contributed by atoms with E-state index < -0.39 is 12.0 Å². The number of ether oxygens (including phenoxy) is 1. The number of amides is 1. The first-order valence-corrected chi connectivity index (χ1v) is 8.32. The molecule has 24 heavy (non-hydrogen) atoms. The molecule has 0 unspecified atom stereocenters. The van der Waals surface area contributed by atoms with Gasteiger partial charge in [-0.05, 0) is 39.2 Å². The van der Waals surface area contributed by atoms with Gasteiger partial charge in [-0.1, -0.05) is 30.3 Å². The molecule has 0 aliphatic carbocycles. The third kappa shape index (κ3) is 5.44. The quantitative estimate of drug-likeness (QED) is 0.901. The summed E-state index contributed by atoms with van der Waals surface area (Å²) in [7, 11) is 0. The zero-order valence-electron chi connectivity index (χ0n) is 14.5. The number of carbonyl (C=O) groups is 1. The van der Waals surface area contributed by atoms with Crippen molar-refractivity contribution in [2.24, 2.45) is 0 Å². The summed E-state index contributed by atoms with van der Waals surface area (Å²) in [4.78, 5) is 14.2. The molecule has 4 nitrogen and oxygen atoms in total. The molecule has 1 heterocycles. The molecule has 1 fully saturated rings. The summed E-state index contributed by atoms with van der Waals surface area (Å²) in [6.07, 6.45) is -1.50. The number of hydrogen-bond donors (Lipinski definition) is 1. The maximum atomic E-state index is 12.5. The molecule has 6 heteroatoms. The zero-order chi connectivity index (χ0) is 17.7. The molecule has 0 bridgehead atoms. The van der Waals surface area contributed by atoms with Gasteiger partial charge in [0.25, 0.3) is 6.43 Å². The van der Waals surface area contributed by atoms with Gasteiger partial charge in [0.1, 0.15) is 5.60 Å². The summed E-state index contributed by atoms with van der Waals surface area (Å²) in [6.45, 7) is 5.66. The van der Waals surface area contributed by atoms with E-state index in [4.69, 9.17) is 4.74 Å². The Balaban J connectivity index is 2.13. The summed E-state index contributed by atoms with van der Waals surface area (Å²) in [5.41, 5.74) is 0.426. The molecule has 1 aliphatic heterocycles. The first kappa shape index (κ1) is 18.6. The third-order valence-corrected chi connectivity index (χ3v) is 3.98. The minimum atomic E-state index is -2.37. The average molecular weight is 340 g/mol. The Bertz CT molecular complexity index is 532.